The number of aryl methyl sites for hydroxylation is 1. The summed E-state index contributed by atoms with van der Waals surface area (Å²) in [5, 5.41) is 11.5. The Bertz CT molecular complexity index is 443. The van der Waals surface area contributed by atoms with Crippen molar-refractivity contribution in [2.45, 2.75) is 19.5 Å². The number of alkyl halides is 2. The number of ether oxygens (including phenoxy) is 1. The van der Waals surface area contributed by atoms with Gasteiger partial charge in [0.25, 0.3) is 12.3 Å². The van der Waals surface area contributed by atoms with Crippen LogP contribution in [0.2, 0.25) is 5.02 Å². The number of aliphatic hydroxyl groups is 1. The van der Waals surface area contributed by atoms with Crippen LogP contribution in [-0.4, -0.2) is 36.7 Å². The number of amides is 1. The van der Waals surface area contributed by atoms with E-state index in [9.17, 15) is 13.6 Å². The normalized spacial score (nSPS) is 12.3. The Morgan fingerprint density at radius 1 is 1.53 bits per heavy atom. The van der Waals surface area contributed by atoms with Crippen molar-refractivity contribution in [3.05, 3.63) is 28.8 Å². The van der Waals surface area contributed by atoms with Gasteiger partial charge in [0.1, 0.15) is 11.9 Å². The Morgan fingerprint density at radius 2 is 2.21 bits per heavy atom. The summed E-state index contributed by atoms with van der Waals surface area (Å²) in [6.07, 6.45) is -4.76. The standard InChI is InChI=1S/C12H14ClF2NO3/c1-7-4-8(2-3-9(7)13)19-6-11(18)16-5-10(17)12(14)15/h2-4,10,12,17H,5-6H2,1H3,(H,16,18). The molecule has 1 rings (SSSR count). The van der Waals surface area contributed by atoms with Crippen molar-refractivity contribution in [1.82, 2.24) is 5.32 Å². The third-order valence-corrected chi connectivity index (χ3v) is 2.72. The van der Waals surface area contributed by atoms with E-state index in [2.05, 4.69) is 5.32 Å². The molecule has 0 bridgehead atoms. The molecule has 106 valence electrons. The predicted octanol–water partition coefficient (Wildman–Crippen LogP) is 1.77. The number of rotatable bonds is 6. The molecule has 1 amide bonds. The van der Waals surface area contributed by atoms with Crippen LogP contribution >= 0.6 is 11.6 Å². The van der Waals surface area contributed by atoms with Gasteiger partial charge in [-0.25, -0.2) is 8.78 Å². The molecule has 0 spiro atoms. The molecule has 0 aromatic heterocycles. The van der Waals surface area contributed by atoms with Crippen LogP contribution in [0.3, 0.4) is 0 Å². The molecule has 1 aromatic carbocycles. The van der Waals surface area contributed by atoms with E-state index < -0.39 is 25.0 Å². The molecule has 0 saturated heterocycles. The van der Waals surface area contributed by atoms with Crippen molar-refractivity contribution >= 4 is 17.5 Å². The Morgan fingerprint density at radius 3 is 2.79 bits per heavy atom. The van der Waals surface area contributed by atoms with Gasteiger partial charge in [0.05, 0.1) is 0 Å². The molecule has 0 aliphatic heterocycles. The van der Waals surface area contributed by atoms with Gasteiger partial charge in [0, 0.05) is 11.6 Å². The molecule has 0 aliphatic carbocycles. The van der Waals surface area contributed by atoms with E-state index in [-0.39, 0.29) is 6.61 Å². The van der Waals surface area contributed by atoms with Crippen molar-refractivity contribution in [1.29, 1.82) is 0 Å². The van der Waals surface area contributed by atoms with Gasteiger partial charge in [-0.1, -0.05) is 11.6 Å². The Balaban J connectivity index is 2.35. The number of carbonyl (C=O) groups is 1. The molecule has 0 fully saturated rings. The molecule has 19 heavy (non-hydrogen) atoms. The maximum Gasteiger partial charge on any atom is 0.265 e. The third kappa shape index (κ3) is 5.40. The number of halogens is 3. The SMILES string of the molecule is Cc1cc(OCC(=O)NCC(O)C(F)F)ccc1Cl. The second-order valence-electron chi connectivity index (χ2n) is 3.91. The summed E-state index contributed by atoms with van der Waals surface area (Å²) in [4.78, 5) is 11.3. The highest BCUT2D eigenvalue weighted by molar-refractivity contribution is 6.31. The molecule has 4 nitrogen and oxygen atoms in total. The summed E-state index contributed by atoms with van der Waals surface area (Å²) in [6, 6.07) is 4.88. The molecule has 0 heterocycles. The van der Waals surface area contributed by atoms with E-state index in [0.29, 0.717) is 10.8 Å². The van der Waals surface area contributed by atoms with E-state index in [1.54, 1.807) is 25.1 Å². The smallest absolute Gasteiger partial charge is 0.265 e. The molecule has 1 atom stereocenters. The summed E-state index contributed by atoms with van der Waals surface area (Å²) in [5.41, 5.74) is 0.799. The first-order valence-corrected chi connectivity index (χ1v) is 5.90. The Kier molecular flexibility index (Phi) is 5.98. The van der Waals surface area contributed by atoms with Crippen LogP contribution in [0.15, 0.2) is 18.2 Å². The van der Waals surface area contributed by atoms with Gasteiger partial charge in [-0.15, -0.1) is 0 Å². The molecule has 0 saturated carbocycles. The van der Waals surface area contributed by atoms with Crippen molar-refractivity contribution < 1.29 is 23.4 Å². The first-order chi connectivity index (χ1) is 8.90. The van der Waals surface area contributed by atoms with Gasteiger partial charge < -0.3 is 15.2 Å². The maximum atomic E-state index is 12.0. The fourth-order valence-corrected chi connectivity index (χ4v) is 1.33. The minimum absolute atomic E-state index is 0.322. The number of aliphatic hydroxyl groups excluding tert-OH is 1. The van der Waals surface area contributed by atoms with Crippen molar-refractivity contribution in [2.75, 3.05) is 13.2 Å². The lowest BCUT2D eigenvalue weighted by molar-refractivity contribution is -0.124. The molecule has 7 heteroatoms. The zero-order valence-corrected chi connectivity index (χ0v) is 11.0. The molecule has 2 N–H and O–H groups in total. The van der Waals surface area contributed by atoms with Crippen LogP contribution in [0.4, 0.5) is 8.78 Å². The zero-order valence-electron chi connectivity index (χ0n) is 10.2. The maximum absolute atomic E-state index is 12.0. The zero-order chi connectivity index (χ0) is 14.4. The number of hydrogen-bond acceptors (Lipinski definition) is 3. The highest BCUT2D eigenvalue weighted by Crippen LogP contribution is 2.20. The van der Waals surface area contributed by atoms with Gasteiger partial charge in [-0.2, -0.15) is 0 Å². The lowest BCUT2D eigenvalue weighted by Gasteiger charge is -2.11. The number of benzene rings is 1. The largest absolute Gasteiger partial charge is 0.484 e. The second-order valence-corrected chi connectivity index (χ2v) is 4.31. The van der Waals surface area contributed by atoms with E-state index in [1.807, 2.05) is 0 Å². The summed E-state index contributed by atoms with van der Waals surface area (Å²) >= 11 is 5.82. The Labute approximate surface area is 114 Å². The quantitative estimate of drug-likeness (QED) is 0.840. The lowest BCUT2D eigenvalue weighted by atomic mass is 10.2. The predicted molar refractivity (Wildman–Crippen MR) is 66.7 cm³/mol. The van der Waals surface area contributed by atoms with Crippen LogP contribution in [0, 0.1) is 6.92 Å². The first-order valence-electron chi connectivity index (χ1n) is 5.52. The van der Waals surface area contributed by atoms with Crippen LogP contribution in [-0.2, 0) is 4.79 Å². The third-order valence-electron chi connectivity index (χ3n) is 2.30. The van der Waals surface area contributed by atoms with Gasteiger partial charge >= 0.3 is 0 Å². The number of nitrogens with one attached hydrogen (secondary N) is 1. The second kappa shape index (κ2) is 7.25. The van der Waals surface area contributed by atoms with Crippen molar-refractivity contribution in [3.8, 4) is 5.75 Å². The average molecular weight is 294 g/mol. The van der Waals surface area contributed by atoms with E-state index in [0.717, 1.165) is 5.56 Å². The van der Waals surface area contributed by atoms with Crippen LogP contribution in [0.1, 0.15) is 5.56 Å². The molecule has 0 aliphatic rings. The minimum atomic E-state index is -2.89. The number of hydrogen-bond donors (Lipinski definition) is 2. The molecule has 0 radical (unpaired) electrons. The van der Waals surface area contributed by atoms with Crippen LogP contribution < -0.4 is 10.1 Å². The minimum Gasteiger partial charge on any atom is -0.484 e. The van der Waals surface area contributed by atoms with Gasteiger partial charge in [-0.05, 0) is 30.7 Å². The summed E-state index contributed by atoms with van der Waals surface area (Å²) in [5.74, 6) is -0.140. The molecule has 1 unspecified atom stereocenters. The van der Waals surface area contributed by atoms with Crippen LogP contribution in [0.5, 0.6) is 5.75 Å². The average Bonchev–Trinajstić information content (AvgIpc) is 2.37. The Hall–Kier alpha value is -1.40. The van der Waals surface area contributed by atoms with E-state index in [4.69, 9.17) is 21.4 Å². The lowest BCUT2D eigenvalue weighted by Crippen LogP contribution is -2.38. The molecule has 1 aromatic rings. The number of carbonyl (C=O) groups excluding carboxylic acids is 1. The first kappa shape index (κ1) is 15.7. The summed E-state index contributed by atoms with van der Waals surface area (Å²) in [6.45, 7) is 0.949. The topological polar surface area (TPSA) is 58.6 Å². The fraction of sp³-hybridized carbons (Fsp3) is 0.417. The summed E-state index contributed by atoms with van der Waals surface area (Å²) < 4.78 is 29.1. The van der Waals surface area contributed by atoms with Crippen LogP contribution in [0.25, 0.3) is 0 Å². The van der Waals surface area contributed by atoms with Gasteiger partial charge in [-0.3, -0.25) is 4.79 Å². The summed E-state index contributed by atoms with van der Waals surface area (Å²) in [7, 11) is 0. The molecular weight excluding hydrogens is 280 g/mol. The fourth-order valence-electron chi connectivity index (χ4n) is 1.21. The van der Waals surface area contributed by atoms with Crippen molar-refractivity contribution in [3.63, 3.8) is 0 Å². The van der Waals surface area contributed by atoms with Gasteiger partial charge in [0.2, 0.25) is 0 Å². The van der Waals surface area contributed by atoms with Crippen molar-refractivity contribution in [2.24, 2.45) is 0 Å². The van der Waals surface area contributed by atoms with Gasteiger partial charge in [0.15, 0.2) is 6.61 Å². The highest BCUT2D eigenvalue weighted by atomic mass is 35.5. The molecular formula is C12H14ClF2NO3. The van der Waals surface area contributed by atoms with E-state index >= 15 is 0 Å². The monoisotopic (exact) mass is 293 g/mol. The van der Waals surface area contributed by atoms with E-state index in [1.165, 1.54) is 0 Å². The highest BCUT2D eigenvalue weighted by Gasteiger charge is 2.17.